The normalized spacial score (nSPS) is 19.2. The van der Waals surface area contributed by atoms with E-state index < -0.39 is 0 Å². The Bertz CT molecular complexity index is 783. The van der Waals surface area contributed by atoms with Gasteiger partial charge in [-0.2, -0.15) is 0 Å². The maximum atomic E-state index is 12.2. The van der Waals surface area contributed by atoms with E-state index in [0.717, 1.165) is 35.3 Å². The average molecular weight is 336 g/mol. The molecule has 2 unspecified atom stereocenters. The van der Waals surface area contributed by atoms with Crippen LogP contribution in [0.15, 0.2) is 42.5 Å². The van der Waals surface area contributed by atoms with E-state index in [-0.39, 0.29) is 11.9 Å². The summed E-state index contributed by atoms with van der Waals surface area (Å²) < 4.78 is 0. The Morgan fingerprint density at radius 3 is 2.48 bits per heavy atom. The summed E-state index contributed by atoms with van der Waals surface area (Å²) in [4.78, 5) is 24.7. The molecule has 4 heteroatoms. The molecule has 0 aromatic heterocycles. The molecular weight excluding hydrogens is 312 g/mol. The molecule has 0 saturated carbocycles. The van der Waals surface area contributed by atoms with Crippen molar-refractivity contribution in [3.05, 3.63) is 48.0 Å². The molecule has 3 rings (SSSR count). The molecule has 0 aliphatic carbocycles. The van der Waals surface area contributed by atoms with E-state index in [1.807, 2.05) is 29.2 Å². The number of hydrogen-bond donors (Lipinski definition) is 1. The molecule has 1 N–H and O–H groups in total. The molecule has 0 fully saturated rings. The molecule has 4 nitrogen and oxygen atoms in total. The van der Waals surface area contributed by atoms with Gasteiger partial charge in [-0.1, -0.05) is 32.0 Å². The van der Waals surface area contributed by atoms with Crippen LogP contribution in [0.5, 0.6) is 0 Å². The first kappa shape index (κ1) is 17.2. The first-order valence-electron chi connectivity index (χ1n) is 8.78. The van der Waals surface area contributed by atoms with Gasteiger partial charge in [0, 0.05) is 24.3 Å². The number of nitrogens with zero attached hydrogens (tertiary/aromatic N) is 1. The van der Waals surface area contributed by atoms with Gasteiger partial charge in [-0.3, -0.25) is 9.59 Å². The molecule has 25 heavy (non-hydrogen) atoms. The smallest absolute Gasteiger partial charge is 0.224 e. The lowest BCUT2D eigenvalue weighted by molar-refractivity contribution is -0.117. The molecule has 2 amide bonds. The van der Waals surface area contributed by atoms with Gasteiger partial charge in [0.05, 0.1) is 0 Å². The maximum Gasteiger partial charge on any atom is 0.224 e. The molecule has 130 valence electrons. The second-order valence-corrected chi connectivity index (χ2v) is 6.73. The van der Waals surface area contributed by atoms with Crippen molar-refractivity contribution in [2.75, 3.05) is 10.2 Å². The number of nitrogens with one attached hydrogen (secondary N) is 1. The molecule has 0 saturated heterocycles. The highest BCUT2D eigenvalue weighted by Crippen LogP contribution is 2.37. The molecule has 2 aromatic rings. The Balaban J connectivity index is 1.98. The molecule has 2 atom stereocenters. The minimum absolute atomic E-state index is 0.108. The van der Waals surface area contributed by atoms with Crippen molar-refractivity contribution >= 4 is 23.7 Å². The number of fused-ring (bicyclic) bond motifs is 1. The number of amides is 2. The Labute approximate surface area is 148 Å². The lowest BCUT2D eigenvalue weighted by Crippen LogP contribution is -2.46. The zero-order valence-corrected chi connectivity index (χ0v) is 15.0. The van der Waals surface area contributed by atoms with E-state index in [9.17, 15) is 9.59 Å². The number of carbonyl (C=O) groups is 2. The molecule has 1 aliphatic rings. The maximum absolute atomic E-state index is 12.2. The highest BCUT2D eigenvalue weighted by atomic mass is 16.2. The van der Waals surface area contributed by atoms with Gasteiger partial charge in [-0.25, -0.2) is 0 Å². The third-order valence-corrected chi connectivity index (χ3v) is 5.07. The third-order valence-electron chi connectivity index (χ3n) is 5.07. The molecule has 0 bridgehead atoms. The zero-order chi connectivity index (χ0) is 18.0. The van der Waals surface area contributed by atoms with Gasteiger partial charge < -0.3 is 10.2 Å². The van der Waals surface area contributed by atoms with E-state index in [2.05, 4.69) is 37.4 Å². The quantitative estimate of drug-likeness (QED) is 0.849. The molecule has 1 heterocycles. The van der Waals surface area contributed by atoms with E-state index in [1.165, 1.54) is 5.56 Å². The van der Waals surface area contributed by atoms with E-state index in [0.29, 0.717) is 12.3 Å². The minimum atomic E-state index is 0.108. The fraction of sp³-hybridized carbons (Fsp3) is 0.333. The Morgan fingerprint density at radius 2 is 1.88 bits per heavy atom. The van der Waals surface area contributed by atoms with Gasteiger partial charge in [0.25, 0.3) is 0 Å². The van der Waals surface area contributed by atoms with Gasteiger partial charge >= 0.3 is 0 Å². The van der Waals surface area contributed by atoms with Crippen LogP contribution in [0.4, 0.5) is 11.4 Å². The molecule has 2 aromatic carbocycles. The van der Waals surface area contributed by atoms with Crippen LogP contribution in [0.3, 0.4) is 0 Å². The molecule has 0 spiro atoms. The van der Waals surface area contributed by atoms with Gasteiger partial charge in [-0.05, 0) is 59.7 Å². The number of hydrogen-bond acceptors (Lipinski definition) is 2. The number of anilines is 2. The summed E-state index contributed by atoms with van der Waals surface area (Å²) in [5.41, 5.74) is 5.26. The lowest BCUT2D eigenvalue weighted by atomic mass is 9.84. The topological polar surface area (TPSA) is 49.4 Å². The largest absolute Gasteiger partial charge is 0.329 e. The second-order valence-electron chi connectivity index (χ2n) is 6.73. The Kier molecular flexibility index (Phi) is 4.88. The average Bonchev–Trinajstić information content (AvgIpc) is 2.60. The monoisotopic (exact) mass is 336 g/mol. The van der Waals surface area contributed by atoms with Gasteiger partial charge in [0.1, 0.15) is 0 Å². The summed E-state index contributed by atoms with van der Waals surface area (Å²) in [7, 11) is 0. The van der Waals surface area contributed by atoms with Crippen LogP contribution >= 0.6 is 0 Å². The van der Waals surface area contributed by atoms with Crippen molar-refractivity contribution in [1.29, 1.82) is 0 Å². The lowest BCUT2D eigenvalue weighted by Gasteiger charge is -2.40. The van der Waals surface area contributed by atoms with Crippen molar-refractivity contribution in [2.45, 2.75) is 39.7 Å². The molecule has 1 aliphatic heterocycles. The van der Waals surface area contributed by atoms with E-state index >= 15 is 0 Å². The van der Waals surface area contributed by atoms with Crippen molar-refractivity contribution in [3.63, 3.8) is 0 Å². The number of benzene rings is 2. The predicted octanol–water partition coefficient (Wildman–Crippen LogP) is 4.25. The standard InChI is InChI=1S/C21H24N2O2/c1-4-20-14(2)11-18-12-17(7-10-21(18)23(20)15(3)25)16-5-8-19(9-6-16)22-13-24/h5-10,12-14,20H,4,11H2,1-3H3,(H,22,24). The Morgan fingerprint density at radius 1 is 1.20 bits per heavy atom. The van der Waals surface area contributed by atoms with Gasteiger partial charge in [-0.15, -0.1) is 0 Å². The third kappa shape index (κ3) is 3.29. The van der Waals surface area contributed by atoms with Gasteiger partial charge in [0.15, 0.2) is 0 Å². The summed E-state index contributed by atoms with van der Waals surface area (Å²) in [6.45, 7) is 6.02. The van der Waals surface area contributed by atoms with Crippen molar-refractivity contribution in [1.82, 2.24) is 0 Å². The fourth-order valence-corrected chi connectivity index (χ4v) is 3.89. The van der Waals surface area contributed by atoms with Gasteiger partial charge in [0.2, 0.25) is 12.3 Å². The fourth-order valence-electron chi connectivity index (χ4n) is 3.89. The van der Waals surface area contributed by atoms with Crippen molar-refractivity contribution in [2.24, 2.45) is 5.92 Å². The second kappa shape index (κ2) is 7.09. The summed E-state index contributed by atoms with van der Waals surface area (Å²) in [5.74, 6) is 0.549. The van der Waals surface area contributed by atoms with Crippen LogP contribution in [-0.4, -0.2) is 18.4 Å². The summed E-state index contributed by atoms with van der Waals surface area (Å²) >= 11 is 0. The van der Waals surface area contributed by atoms with Crippen LogP contribution in [-0.2, 0) is 16.0 Å². The van der Waals surface area contributed by atoms with E-state index in [4.69, 9.17) is 0 Å². The summed E-state index contributed by atoms with van der Waals surface area (Å²) in [6, 6.07) is 14.4. The number of rotatable bonds is 4. The first-order valence-corrected chi connectivity index (χ1v) is 8.78. The van der Waals surface area contributed by atoms with Crippen molar-refractivity contribution in [3.8, 4) is 11.1 Å². The van der Waals surface area contributed by atoms with Crippen LogP contribution in [0, 0.1) is 5.92 Å². The van der Waals surface area contributed by atoms with Crippen LogP contribution < -0.4 is 10.2 Å². The predicted molar refractivity (Wildman–Crippen MR) is 102 cm³/mol. The number of carbonyl (C=O) groups excluding carboxylic acids is 2. The highest BCUT2D eigenvalue weighted by Gasteiger charge is 2.32. The summed E-state index contributed by atoms with van der Waals surface area (Å²) in [6.07, 6.45) is 2.62. The van der Waals surface area contributed by atoms with Crippen LogP contribution in [0.1, 0.15) is 32.8 Å². The zero-order valence-electron chi connectivity index (χ0n) is 15.0. The molecular formula is C21H24N2O2. The molecule has 0 radical (unpaired) electrons. The summed E-state index contributed by atoms with van der Waals surface area (Å²) in [5, 5.41) is 2.65. The first-order chi connectivity index (χ1) is 12.0. The van der Waals surface area contributed by atoms with Crippen LogP contribution in [0.25, 0.3) is 11.1 Å². The highest BCUT2D eigenvalue weighted by molar-refractivity contribution is 5.94. The SMILES string of the molecule is CCC1C(C)Cc2cc(-c3ccc(NC=O)cc3)ccc2N1C(C)=O. The Hall–Kier alpha value is -2.62. The minimum Gasteiger partial charge on any atom is -0.329 e. The van der Waals surface area contributed by atoms with Crippen LogP contribution in [0.2, 0.25) is 0 Å². The van der Waals surface area contributed by atoms with Crippen molar-refractivity contribution < 1.29 is 9.59 Å². The van der Waals surface area contributed by atoms with E-state index in [1.54, 1.807) is 6.92 Å².